The van der Waals surface area contributed by atoms with Crippen molar-refractivity contribution in [3.8, 4) is 0 Å². The van der Waals surface area contributed by atoms with Gasteiger partial charge in [0.25, 0.3) is 0 Å². The number of carbonyl (C=O) groups excluding carboxylic acids is 1. The Balaban J connectivity index is 1.78. The smallest absolute Gasteiger partial charge is 0.233 e. The van der Waals surface area contributed by atoms with Crippen LogP contribution in [0.3, 0.4) is 0 Å². The lowest BCUT2D eigenvalue weighted by Crippen LogP contribution is -2.50. The van der Waals surface area contributed by atoms with Crippen LogP contribution in [0.5, 0.6) is 0 Å². The zero-order valence-electron chi connectivity index (χ0n) is 12.5. The molecule has 0 radical (unpaired) electrons. The van der Waals surface area contributed by atoms with E-state index < -0.39 is 10.0 Å². The molecule has 124 valence electrons. The van der Waals surface area contributed by atoms with Crippen LogP contribution in [0.25, 0.3) is 0 Å². The number of hydrogen-bond acceptors (Lipinski definition) is 8. The second-order valence-corrected chi connectivity index (χ2v) is 8.92. The predicted octanol–water partition coefficient (Wildman–Crippen LogP) is 0.166. The van der Waals surface area contributed by atoms with Crippen molar-refractivity contribution in [1.29, 1.82) is 0 Å². The zero-order chi connectivity index (χ0) is 16.2. The number of rotatable bonds is 6. The van der Waals surface area contributed by atoms with Crippen molar-refractivity contribution in [2.45, 2.75) is 11.3 Å². The van der Waals surface area contributed by atoms with Crippen LogP contribution < -0.4 is 5.32 Å². The van der Waals surface area contributed by atoms with Crippen molar-refractivity contribution in [2.75, 3.05) is 50.0 Å². The van der Waals surface area contributed by atoms with Gasteiger partial charge in [-0.15, -0.1) is 10.2 Å². The van der Waals surface area contributed by atoms with Crippen LogP contribution in [0, 0.1) is 0 Å². The molecule has 1 aromatic rings. The molecule has 1 N–H and O–H groups in total. The number of piperazine rings is 1. The number of nitrogens with one attached hydrogen (secondary N) is 1. The SMILES string of the molecule is CCNc1nnc(SCC(=O)N2CCN(S(C)(=O)=O)CC2)s1. The van der Waals surface area contributed by atoms with Crippen molar-refractivity contribution in [1.82, 2.24) is 19.4 Å². The third-order valence-electron chi connectivity index (χ3n) is 3.11. The topological polar surface area (TPSA) is 95.5 Å². The lowest BCUT2D eigenvalue weighted by Gasteiger charge is -2.33. The Morgan fingerprint density at radius 1 is 1.32 bits per heavy atom. The highest BCUT2D eigenvalue weighted by Gasteiger charge is 2.26. The maximum Gasteiger partial charge on any atom is 0.233 e. The van der Waals surface area contributed by atoms with Crippen molar-refractivity contribution >= 4 is 44.2 Å². The van der Waals surface area contributed by atoms with Gasteiger partial charge in [0, 0.05) is 32.7 Å². The fourth-order valence-corrected chi connectivity index (χ4v) is 4.52. The normalized spacial score (nSPS) is 16.7. The summed E-state index contributed by atoms with van der Waals surface area (Å²) in [6.45, 7) is 4.35. The average Bonchev–Trinajstić information content (AvgIpc) is 2.92. The number of sulfonamides is 1. The van der Waals surface area contributed by atoms with Gasteiger partial charge in [-0.25, -0.2) is 8.42 Å². The number of amides is 1. The molecule has 1 aliphatic heterocycles. The van der Waals surface area contributed by atoms with Gasteiger partial charge in [-0.05, 0) is 6.92 Å². The van der Waals surface area contributed by atoms with Crippen LogP contribution in [0.2, 0.25) is 0 Å². The monoisotopic (exact) mass is 365 g/mol. The summed E-state index contributed by atoms with van der Waals surface area (Å²) in [4.78, 5) is 13.8. The zero-order valence-corrected chi connectivity index (χ0v) is 14.9. The molecule has 0 unspecified atom stereocenters. The standard InChI is InChI=1S/C11H19N5O3S3/c1-3-12-10-13-14-11(21-10)20-8-9(17)15-4-6-16(7-5-15)22(2,18)19/h3-8H2,1-2H3,(H,12,13). The summed E-state index contributed by atoms with van der Waals surface area (Å²) in [5, 5.41) is 11.8. The van der Waals surface area contributed by atoms with Gasteiger partial charge in [0.15, 0.2) is 4.34 Å². The van der Waals surface area contributed by atoms with Crippen molar-refractivity contribution in [3.63, 3.8) is 0 Å². The molecule has 1 amide bonds. The highest BCUT2D eigenvalue weighted by Crippen LogP contribution is 2.25. The highest BCUT2D eigenvalue weighted by atomic mass is 32.2. The maximum absolute atomic E-state index is 12.1. The summed E-state index contributed by atoms with van der Waals surface area (Å²) in [7, 11) is -3.17. The number of aromatic nitrogens is 2. The van der Waals surface area contributed by atoms with E-state index in [4.69, 9.17) is 0 Å². The van der Waals surface area contributed by atoms with Crippen molar-refractivity contribution in [2.24, 2.45) is 0 Å². The van der Waals surface area contributed by atoms with Gasteiger partial charge in [0.2, 0.25) is 21.1 Å². The quantitative estimate of drug-likeness (QED) is 0.718. The summed E-state index contributed by atoms with van der Waals surface area (Å²) >= 11 is 2.78. The molecule has 1 aliphatic rings. The van der Waals surface area contributed by atoms with E-state index in [1.54, 1.807) is 4.90 Å². The largest absolute Gasteiger partial charge is 0.360 e. The van der Waals surface area contributed by atoms with E-state index in [2.05, 4.69) is 15.5 Å². The van der Waals surface area contributed by atoms with Crippen molar-refractivity contribution in [3.05, 3.63) is 0 Å². The summed E-state index contributed by atoms with van der Waals surface area (Å²) in [6, 6.07) is 0. The van der Waals surface area contributed by atoms with Gasteiger partial charge in [-0.3, -0.25) is 4.79 Å². The van der Waals surface area contributed by atoms with Gasteiger partial charge >= 0.3 is 0 Å². The first-order chi connectivity index (χ1) is 10.4. The van der Waals surface area contributed by atoms with Gasteiger partial charge in [0.05, 0.1) is 12.0 Å². The molecule has 1 fully saturated rings. The van der Waals surface area contributed by atoms with E-state index in [-0.39, 0.29) is 5.91 Å². The summed E-state index contributed by atoms with van der Waals surface area (Å²) < 4.78 is 25.0. The van der Waals surface area contributed by atoms with Crippen LogP contribution >= 0.6 is 23.1 Å². The maximum atomic E-state index is 12.1. The second kappa shape index (κ2) is 7.57. The molecule has 0 spiro atoms. The lowest BCUT2D eigenvalue weighted by atomic mass is 10.3. The molecular weight excluding hydrogens is 346 g/mol. The van der Waals surface area contributed by atoms with E-state index in [1.807, 2.05) is 6.92 Å². The van der Waals surface area contributed by atoms with E-state index in [0.29, 0.717) is 31.9 Å². The van der Waals surface area contributed by atoms with Gasteiger partial charge in [-0.1, -0.05) is 23.1 Å². The number of thioether (sulfide) groups is 1. The number of anilines is 1. The minimum Gasteiger partial charge on any atom is -0.360 e. The lowest BCUT2D eigenvalue weighted by molar-refractivity contribution is -0.129. The Bertz CT molecular complexity index is 610. The molecule has 0 atom stereocenters. The fourth-order valence-electron chi connectivity index (χ4n) is 1.97. The third kappa shape index (κ3) is 4.80. The molecule has 2 heterocycles. The molecule has 1 saturated heterocycles. The van der Waals surface area contributed by atoms with Crippen LogP contribution in [0.15, 0.2) is 4.34 Å². The Morgan fingerprint density at radius 2 is 2.00 bits per heavy atom. The molecule has 11 heteroatoms. The molecule has 1 aromatic heterocycles. The van der Waals surface area contributed by atoms with Crippen LogP contribution in [-0.2, 0) is 14.8 Å². The van der Waals surface area contributed by atoms with E-state index in [1.165, 1.54) is 33.7 Å². The van der Waals surface area contributed by atoms with E-state index >= 15 is 0 Å². The van der Waals surface area contributed by atoms with E-state index in [0.717, 1.165) is 16.0 Å². The van der Waals surface area contributed by atoms with Gasteiger partial charge < -0.3 is 10.2 Å². The first-order valence-electron chi connectivity index (χ1n) is 6.83. The average molecular weight is 366 g/mol. The fraction of sp³-hybridized carbons (Fsp3) is 0.727. The molecule has 22 heavy (non-hydrogen) atoms. The molecule has 0 aliphatic carbocycles. The number of hydrogen-bond donors (Lipinski definition) is 1. The minimum absolute atomic E-state index is 0.00153. The summed E-state index contributed by atoms with van der Waals surface area (Å²) in [5.41, 5.74) is 0. The number of carbonyl (C=O) groups is 1. The Hall–Kier alpha value is -0.910. The summed E-state index contributed by atoms with van der Waals surface area (Å²) in [5.74, 6) is 0.290. The van der Waals surface area contributed by atoms with Crippen molar-refractivity contribution < 1.29 is 13.2 Å². The second-order valence-electron chi connectivity index (χ2n) is 4.73. The van der Waals surface area contributed by atoms with Gasteiger partial charge in [0.1, 0.15) is 0 Å². The van der Waals surface area contributed by atoms with Crippen LogP contribution in [0.4, 0.5) is 5.13 Å². The molecule has 0 saturated carbocycles. The first-order valence-corrected chi connectivity index (χ1v) is 10.5. The van der Waals surface area contributed by atoms with Crippen LogP contribution in [0.1, 0.15) is 6.92 Å². The van der Waals surface area contributed by atoms with E-state index in [9.17, 15) is 13.2 Å². The Morgan fingerprint density at radius 3 is 2.59 bits per heavy atom. The third-order valence-corrected chi connectivity index (χ3v) is 6.42. The molecule has 8 nitrogen and oxygen atoms in total. The Labute approximate surface area is 138 Å². The molecular formula is C11H19N5O3S3. The minimum atomic E-state index is -3.17. The van der Waals surface area contributed by atoms with Crippen LogP contribution in [-0.4, -0.2) is 78.5 Å². The van der Waals surface area contributed by atoms with Gasteiger partial charge in [-0.2, -0.15) is 4.31 Å². The molecule has 0 aromatic carbocycles. The molecule has 0 bridgehead atoms. The molecule has 2 rings (SSSR count). The number of nitrogens with zero attached hydrogens (tertiary/aromatic N) is 4. The summed E-state index contributed by atoms with van der Waals surface area (Å²) in [6.07, 6.45) is 1.19. The Kier molecular flexibility index (Phi) is 6.01. The highest BCUT2D eigenvalue weighted by molar-refractivity contribution is 8.01. The predicted molar refractivity (Wildman–Crippen MR) is 87.8 cm³/mol. The first kappa shape index (κ1) is 17.4.